The maximum absolute atomic E-state index is 6.04. The monoisotopic (exact) mass is 278 g/mol. The second-order valence-electron chi connectivity index (χ2n) is 5.78. The Morgan fingerprint density at radius 1 is 1.20 bits per heavy atom. The molecule has 0 atom stereocenters. The van der Waals surface area contributed by atoms with Crippen molar-refractivity contribution >= 4 is 5.69 Å². The number of unbranched alkanes of at least 4 members (excludes halogenated alkanes) is 1. The largest absolute Gasteiger partial charge is 0.491 e. The smallest absolute Gasteiger partial charge is 0.142 e. The van der Waals surface area contributed by atoms with Crippen molar-refractivity contribution in [2.45, 2.75) is 46.5 Å². The lowest BCUT2D eigenvalue weighted by Gasteiger charge is -2.12. The number of nitrogens with one attached hydrogen (secondary N) is 1. The number of benzene rings is 1. The Labute approximate surface area is 123 Å². The number of ether oxygens (including phenoxy) is 1. The summed E-state index contributed by atoms with van der Waals surface area (Å²) in [5, 5.41) is 3.46. The van der Waals surface area contributed by atoms with Crippen LogP contribution in [0.1, 0.15) is 45.6 Å². The van der Waals surface area contributed by atoms with Gasteiger partial charge < -0.3 is 15.8 Å². The van der Waals surface area contributed by atoms with Crippen molar-refractivity contribution in [2.75, 3.05) is 25.4 Å². The molecule has 0 saturated heterocycles. The predicted molar refractivity (Wildman–Crippen MR) is 87.3 cm³/mol. The molecule has 0 radical (unpaired) electrons. The van der Waals surface area contributed by atoms with Crippen LogP contribution in [0.5, 0.6) is 5.75 Å². The summed E-state index contributed by atoms with van der Waals surface area (Å²) in [6, 6.07) is 6.16. The van der Waals surface area contributed by atoms with Gasteiger partial charge in [0.25, 0.3) is 0 Å². The average Bonchev–Trinajstić information content (AvgIpc) is 2.41. The van der Waals surface area contributed by atoms with Gasteiger partial charge in [-0.15, -0.1) is 0 Å². The van der Waals surface area contributed by atoms with Gasteiger partial charge in [-0.2, -0.15) is 0 Å². The van der Waals surface area contributed by atoms with Crippen LogP contribution in [0.25, 0.3) is 0 Å². The molecule has 1 aromatic rings. The number of anilines is 1. The summed E-state index contributed by atoms with van der Waals surface area (Å²) >= 11 is 0. The number of rotatable bonds is 10. The highest BCUT2D eigenvalue weighted by Gasteiger charge is 2.03. The van der Waals surface area contributed by atoms with Gasteiger partial charge in [-0.3, -0.25) is 0 Å². The SMILES string of the molecule is CCCCNCCCc1ccc(OCC(C)C)c(N)c1. The first kappa shape index (κ1) is 16.8. The van der Waals surface area contributed by atoms with Crippen molar-refractivity contribution in [1.29, 1.82) is 0 Å². The molecular formula is C17H30N2O. The van der Waals surface area contributed by atoms with E-state index in [9.17, 15) is 0 Å². The van der Waals surface area contributed by atoms with Crippen molar-refractivity contribution in [3.05, 3.63) is 23.8 Å². The van der Waals surface area contributed by atoms with Crippen LogP contribution in [0.3, 0.4) is 0 Å². The number of aryl methyl sites for hydroxylation is 1. The molecule has 0 aliphatic carbocycles. The number of hydrogen-bond acceptors (Lipinski definition) is 3. The van der Waals surface area contributed by atoms with Crippen LogP contribution in [0.2, 0.25) is 0 Å². The highest BCUT2D eigenvalue weighted by Crippen LogP contribution is 2.23. The minimum absolute atomic E-state index is 0.517. The molecule has 0 fully saturated rings. The van der Waals surface area contributed by atoms with E-state index < -0.39 is 0 Å². The first-order valence-electron chi connectivity index (χ1n) is 7.85. The first-order valence-corrected chi connectivity index (χ1v) is 7.85. The molecule has 0 spiro atoms. The van der Waals surface area contributed by atoms with Crippen molar-refractivity contribution in [2.24, 2.45) is 5.92 Å². The van der Waals surface area contributed by atoms with E-state index in [2.05, 4.69) is 32.2 Å². The molecule has 0 bridgehead atoms. The van der Waals surface area contributed by atoms with Crippen LogP contribution < -0.4 is 15.8 Å². The summed E-state index contributed by atoms with van der Waals surface area (Å²) in [6.07, 6.45) is 4.72. The van der Waals surface area contributed by atoms with Gasteiger partial charge in [0.15, 0.2) is 0 Å². The highest BCUT2D eigenvalue weighted by molar-refractivity contribution is 5.54. The van der Waals surface area contributed by atoms with Crippen LogP contribution >= 0.6 is 0 Å². The molecule has 1 aromatic carbocycles. The third-order valence-corrected chi connectivity index (χ3v) is 3.17. The Morgan fingerprint density at radius 2 is 1.95 bits per heavy atom. The van der Waals surface area contributed by atoms with Gasteiger partial charge in [0.05, 0.1) is 12.3 Å². The Bertz CT molecular complexity index is 377. The molecule has 1 rings (SSSR count). The van der Waals surface area contributed by atoms with Crippen molar-refractivity contribution in [3.8, 4) is 5.75 Å². The molecule has 0 amide bonds. The lowest BCUT2D eigenvalue weighted by atomic mass is 10.1. The molecule has 0 aromatic heterocycles. The normalized spacial score (nSPS) is 11.0. The second kappa shape index (κ2) is 9.65. The number of hydrogen-bond donors (Lipinski definition) is 2. The number of nitrogens with two attached hydrogens (primary N) is 1. The summed E-state index contributed by atoms with van der Waals surface area (Å²) < 4.78 is 5.69. The van der Waals surface area contributed by atoms with Crippen molar-refractivity contribution in [1.82, 2.24) is 5.32 Å². The van der Waals surface area contributed by atoms with Gasteiger partial charge in [0, 0.05) is 0 Å². The molecule has 0 aliphatic rings. The minimum atomic E-state index is 0.517. The standard InChI is InChI=1S/C17H30N2O/c1-4-5-10-19-11-6-7-15-8-9-17(16(18)12-15)20-13-14(2)3/h8-9,12,14,19H,4-7,10-11,13,18H2,1-3H3. The van der Waals surface area contributed by atoms with E-state index in [1.807, 2.05) is 12.1 Å². The molecule has 0 heterocycles. The van der Waals surface area contributed by atoms with Gasteiger partial charge in [0.1, 0.15) is 5.75 Å². The van der Waals surface area contributed by atoms with Gasteiger partial charge in [-0.05, 0) is 56.0 Å². The van der Waals surface area contributed by atoms with E-state index in [0.29, 0.717) is 12.5 Å². The molecule has 3 nitrogen and oxygen atoms in total. The Morgan fingerprint density at radius 3 is 2.60 bits per heavy atom. The van der Waals surface area contributed by atoms with E-state index >= 15 is 0 Å². The summed E-state index contributed by atoms with van der Waals surface area (Å²) in [5.41, 5.74) is 8.08. The number of nitrogen functional groups attached to an aromatic ring is 1. The molecule has 114 valence electrons. The molecule has 0 unspecified atom stereocenters. The van der Waals surface area contributed by atoms with Gasteiger partial charge in [0.2, 0.25) is 0 Å². The van der Waals surface area contributed by atoms with Crippen LogP contribution in [0.4, 0.5) is 5.69 Å². The molecule has 3 heteroatoms. The molecule has 3 N–H and O–H groups in total. The molecular weight excluding hydrogens is 248 g/mol. The lowest BCUT2D eigenvalue weighted by Crippen LogP contribution is -2.17. The fourth-order valence-electron chi connectivity index (χ4n) is 1.99. The fraction of sp³-hybridized carbons (Fsp3) is 0.647. The maximum atomic E-state index is 6.04. The average molecular weight is 278 g/mol. The Kier molecular flexibility index (Phi) is 8.12. The van der Waals surface area contributed by atoms with Gasteiger partial charge in [-0.1, -0.05) is 33.3 Å². The van der Waals surface area contributed by atoms with E-state index in [0.717, 1.165) is 37.4 Å². The molecule has 20 heavy (non-hydrogen) atoms. The zero-order chi connectivity index (χ0) is 14.8. The summed E-state index contributed by atoms with van der Waals surface area (Å²) in [7, 11) is 0. The third-order valence-electron chi connectivity index (χ3n) is 3.17. The summed E-state index contributed by atoms with van der Waals surface area (Å²) in [4.78, 5) is 0. The third kappa shape index (κ3) is 6.80. The highest BCUT2D eigenvalue weighted by atomic mass is 16.5. The second-order valence-corrected chi connectivity index (χ2v) is 5.78. The zero-order valence-electron chi connectivity index (χ0n) is 13.2. The van der Waals surface area contributed by atoms with Crippen molar-refractivity contribution in [3.63, 3.8) is 0 Å². The topological polar surface area (TPSA) is 47.3 Å². The van der Waals surface area contributed by atoms with Crippen molar-refractivity contribution < 1.29 is 4.74 Å². The Balaban J connectivity index is 2.31. The van der Waals surface area contributed by atoms with Gasteiger partial charge in [-0.25, -0.2) is 0 Å². The molecule has 0 saturated carbocycles. The van der Waals surface area contributed by atoms with Crippen LogP contribution in [0, 0.1) is 5.92 Å². The van der Waals surface area contributed by atoms with Crippen LogP contribution in [-0.2, 0) is 6.42 Å². The van der Waals surface area contributed by atoms with E-state index in [1.165, 1.54) is 18.4 Å². The zero-order valence-corrected chi connectivity index (χ0v) is 13.2. The predicted octanol–water partition coefficient (Wildman–Crippen LogP) is 3.63. The van der Waals surface area contributed by atoms with E-state index in [4.69, 9.17) is 10.5 Å². The van der Waals surface area contributed by atoms with Gasteiger partial charge >= 0.3 is 0 Å². The lowest BCUT2D eigenvalue weighted by molar-refractivity contribution is 0.272. The van der Waals surface area contributed by atoms with E-state index in [1.54, 1.807) is 0 Å². The first-order chi connectivity index (χ1) is 9.63. The Hall–Kier alpha value is -1.22. The molecule has 0 aliphatic heterocycles. The fourth-order valence-corrected chi connectivity index (χ4v) is 1.99. The quantitative estimate of drug-likeness (QED) is 0.507. The van der Waals surface area contributed by atoms with Crippen LogP contribution in [-0.4, -0.2) is 19.7 Å². The summed E-state index contributed by atoms with van der Waals surface area (Å²) in [5.74, 6) is 1.33. The summed E-state index contributed by atoms with van der Waals surface area (Å²) in [6.45, 7) is 9.40. The van der Waals surface area contributed by atoms with E-state index in [-0.39, 0.29) is 0 Å². The maximum Gasteiger partial charge on any atom is 0.142 e. The van der Waals surface area contributed by atoms with Crippen LogP contribution in [0.15, 0.2) is 18.2 Å². The minimum Gasteiger partial charge on any atom is -0.491 e.